The first-order chi connectivity index (χ1) is 6.11. The zero-order valence-electron chi connectivity index (χ0n) is 8.79. The third-order valence-corrected chi connectivity index (χ3v) is 4.07. The second kappa shape index (κ2) is 3.25. The van der Waals surface area contributed by atoms with E-state index in [0.717, 1.165) is 13.0 Å². The molecule has 2 heteroatoms. The van der Waals surface area contributed by atoms with Crippen molar-refractivity contribution in [1.29, 1.82) is 0 Å². The SMILES string of the molecule is CN1CC[C@@](C)(O)[C@H]2CCCC[C@@H]21. The maximum atomic E-state index is 10.3. The predicted molar refractivity (Wildman–Crippen MR) is 53.6 cm³/mol. The summed E-state index contributed by atoms with van der Waals surface area (Å²) in [6, 6.07) is 0.650. The summed E-state index contributed by atoms with van der Waals surface area (Å²) in [5.41, 5.74) is -0.391. The zero-order chi connectivity index (χ0) is 9.47. The molecule has 1 saturated carbocycles. The van der Waals surface area contributed by atoms with Gasteiger partial charge in [-0.05, 0) is 33.2 Å². The van der Waals surface area contributed by atoms with Crippen LogP contribution in [0, 0.1) is 5.92 Å². The Morgan fingerprint density at radius 3 is 2.69 bits per heavy atom. The Labute approximate surface area is 80.9 Å². The minimum absolute atomic E-state index is 0.391. The molecule has 0 aromatic heterocycles. The van der Waals surface area contributed by atoms with Gasteiger partial charge in [0.2, 0.25) is 0 Å². The molecule has 2 rings (SSSR count). The van der Waals surface area contributed by atoms with Gasteiger partial charge in [-0.1, -0.05) is 12.8 Å². The highest BCUT2D eigenvalue weighted by molar-refractivity contribution is 4.97. The third kappa shape index (κ3) is 1.62. The van der Waals surface area contributed by atoms with Crippen LogP contribution in [-0.4, -0.2) is 35.2 Å². The monoisotopic (exact) mass is 183 g/mol. The van der Waals surface area contributed by atoms with Gasteiger partial charge in [0, 0.05) is 18.5 Å². The largest absolute Gasteiger partial charge is 0.390 e. The van der Waals surface area contributed by atoms with Crippen molar-refractivity contribution < 1.29 is 5.11 Å². The molecule has 1 aliphatic carbocycles. The molecule has 1 heterocycles. The van der Waals surface area contributed by atoms with E-state index in [0.29, 0.717) is 12.0 Å². The van der Waals surface area contributed by atoms with E-state index in [9.17, 15) is 5.11 Å². The lowest BCUT2D eigenvalue weighted by atomic mass is 9.70. The number of hydrogen-bond acceptors (Lipinski definition) is 2. The van der Waals surface area contributed by atoms with E-state index in [1.807, 2.05) is 6.92 Å². The lowest BCUT2D eigenvalue weighted by molar-refractivity contribution is -0.0958. The predicted octanol–water partition coefficient (Wildman–Crippen LogP) is 1.63. The summed E-state index contributed by atoms with van der Waals surface area (Å²) < 4.78 is 0. The smallest absolute Gasteiger partial charge is 0.0674 e. The average Bonchev–Trinajstić information content (AvgIpc) is 2.13. The number of piperidine rings is 1. The quantitative estimate of drug-likeness (QED) is 0.617. The van der Waals surface area contributed by atoms with Crippen molar-refractivity contribution in [1.82, 2.24) is 4.90 Å². The van der Waals surface area contributed by atoms with Gasteiger partial charge in [0.1, 0.15) is 0 Å². The molecule has 0 amide bonds. The summed E-state index contributed by atoms with van der Waals surface area (Å²) in [4.78, 5) is 2.45. The van der Waals surface area contributed by atoms with E-state index in [1.54, 1.807) is 0 Å². The first kappa shape index (κ1) is 9.47. The molecule has 1 saturated heterocycles. The third-order valence-electron chi connectivity index (χ3n) is 4.07. The fourth-order valence-corrected chi connectivity index (χ4v) is 3.12. The number of rotatable bonds is 0. The Kier molecular flexibility index (Phi) is 2.37. The van der Waals surface area contributed by atoms with E-state index in [4.69, 9.17) is 0 Å². The van der Waals surface area contributed by atoms with Gasteiger partial charge in [-0.15, -0.1) is 0 Å². The van der Waals surface area contributed by atoms with Crippen LogP contribution in [0.5, 0.6) is 0 Å². The molecule has 2 aliphatic rings. The molecule has 3 atom stereocenters. The molecule has 1 N–H and O–H groups in total. The summed E-state index contributed by atoms with van der Waals surface area (Å²) in [7, 11) is 2.21. The van der Waals surface area contributed by atoms with E-state index in [-0.39, 0.29) is 0 Å². The van der Waals surface area contributed by atoms with Crippen LogP contribution in [0.3, 0.4) is 0 Å². The van der Waals surface area contributed by atoms with Crippen LogP contribution in [0.1, 0.15) is 39.0 Å². The number of fused-ring (bicyclic) bond motifs is 1. The normalized spacial score (nSPS) is 47.3. The van der Waals surface area contributed by atoms with Gasteiger partial charge in [-0.25, -0.2) is 0 Å². The van der Waals surface area contributed by atoms with Crippen LogP contribution >= 0.6 is 0 Å². The van der Waals surface area contributed by atoms with Gasteiger partial charge < -0.3 is 10.0 Å². The van der Waals surface area contributed by atoms with Crippen molar-refractivity contribution in [3.8, 4) is 0 Å². The first-order valence-corrected chi connectivity index (χ1v) is 5.54. The summed E-state index contributed by atoms with van der Waals surface area (Å²) in [5.74, 6) is 0.528. The molecular formula is C11H21NO. The van der Waals surface area contributed by atoms with Gasteiger partial charge in [0.05, 0.1) is 5.60 Å². The molecule has 0 aromatic rings. The minimum Gasteiger partial charge on any atom is -0.390 e. The lowest BCUT2D eigenvalue weighted by Gasteiger charge is -2.50. The molecule has 1 aliphatic heterocycles. The van der Waals surface area contributed by atoms with Crippen LogP contribution in [-0.2, 0) is 0 Å². The van der Waals surface area contributed by atoms with Crippen LogP contribution in [0.4, 0.5) is 0 Å². The van der Waals surface area contributed by atoms with Gasteiger partial charge >= 0.3 is 0 Å². The zero-order valence-corrected chi connectivity index (χ0v) is 8.79. The van der Waals surface area contributed by atoms with Crippen molar-refractivity contribution in [2.24, 2.45) is 5.92 Å². The van der Waals surface area contributed by atoms with Crippen LogP contribution in [0.2, 0.25) is 0 Å². The highest BCUT2D eigenvalue weighted by Gasteiger charge is 2.43. The van der Waals surface area contributed by atoms with Crippen molar-refractivity contribution >= 4 is 0 Å². The minimum atomic E-state index is -0.391. The van der Waals surface area contributed by atoms with Crippen LogP contribution < -0.4 is 0 Å². The van der Waals surface area contributed by atoms with Crippen molar-refractivity contribution in [3.05, 3.63) is 0 Å². The lowest BCUT2D eigenvalue weighted by Crippen LogP contribution is -2.56. The Morgan fingerprint density at radius 2 is 2.00 bits per heavy atom. The molecule has 2 fully saturated rings. The van der Waals surface area contributed by atoms with Crippen molar-refractivity contribution in [2.75, 3.05) is 13.6 Å². The van der Waals surface area contributed by atoms with E-state index < -0.39 is 5.60 Å². The van der Waals surface area contributed by atoms with E-state index >= 15 is 0 Å². The highest BCUT2D eigenvalue weighted by Crippen LogP contribution is 2.40. The molecule has 0 unspecified atom stereocenters. The van der Waals surface area contributed by atoms with Gasteiger partial charge in [-0.3, -0.25) is 0 Å². The summed E-state index contributed by atoms with van der Waals surface area (Å²) in [5, 5.41) is 10.3. The van der Waals surface area contributed by atoms with E-state index in [2.05, 4.69) is 11.9 Å². The molecule has 2 nitrogen and oxygen atoms in total. The maximum Gasteiger partial charge on any atom is 0.0674 e. The molecule has 0 bridgehead atoms. The number of hydrogen-bond donors (Lipinski definition) is 1. The standard InChI is InChI=1S/C11H21NO/c1-11(13)7-8-12(2)10-6-4-3-5-9(10)11/h9-10,13H,3-8H2,1-2H3/t9-,10-,11+/m0/s1. The van der Waals surface area contributed by atoms with Gasteiger partial charge in [0.25, 0.3) is 0 Å². The Hall–Kier alpha value is -0.0800. The second-order valence-electron chi connectivity index (χ2n) is 5.05. The average molecular weight is 183 g/mol. The first-order valence-electron chi connectivity index (χ1n) is 5.54. The molecule has 76 valence electrons. The number of likely N-dealkylation sites (tertiary alicyclic amines) is 1. The summed E-state index contributed by atoms with van der Waals surface area (Å²) in [6.07, 6.45) is 6.12. The molecule has 13 heavy (non-hydrogen) atoms. The fourth-order valence-electron chi connectivity index (χ4n) is 3.12. The molecule has 0 radical (unpaired) electrons. The van der Waals surface area contributed by atoms with Crippen molar-refractivity contribution in [3.63, 3.8) is 0 Å². The number of aliphatic hydroxyl groups is 1. The number of nitrogens with zero attached hydrogens (tertiary/aromatic N) is 1. The fraction of sp³-hybridized carbons (Fsp3) is 1.00. The molecule has 0 aromatic carbocycles. The summed E-state index contributed by atoms with van der Waals surface area (Å²) >= 11 is 0. The van der Waals surface area contributed by atoms with Crippen LogP contribution in [0.15, 0.2) is 0 Å². The summed E-state index contributed by atoms with van der Waals surface area (Å²) in [6.45, 7) is 3.09. The Bertz CT molecular complexity index is 191. The second-order valence-corrected chi connectivity index (χ2v) is 5.05. The molecule has 0 spiro atoms. The van der Waals surface area contributed by atoms with E-state index in [1.165, 1.54) is 25.7 Å². The highest BCUT2D eigenvalue weighted by atomic mass is 16.3. The van der Waals surface area contributed by atoms with Crippen molar-refractivity contribution in [2.45, 2.75) is 50.7 Å². The van der Waals surface area contributed by atoms with Gasteiger partial charge in [-0.2, -0.15) is 0 Å². The van der Waals surface area contributed by atoms with Crippen LogP contribution in [0.25, 0.3) is 0 Å². The topological polar surface area (TPSA) is 23.5 Å². The maximum absolute atomic E-state index is 10.3. The van der Waals surface area contributed by atoms with Gasteiger partial charge in [0.15, 0.2) is 0 Å². The molecular weight excluding hydrogens is 162 g/mol. The Balaban J connectivity index is 2.14. The Morgan fingerprint density at radius 1 is 1.31 bits per heavy atom.